The predicted octanol–water partition coefficient (Wildman–Crippen LogP) is 4.31. The summed E-state index contributed by atoms with van der Waals surface area (Å²) >= 11 is 0. The van der Waals surface area contributed by atoms with Gasteiger partial charge in [0.15, 0.2) is 0 Å². The molecule has 0 nitrogen and oxygen atoms in total. The van der Waals surface area contributed by atoms with Crippen molar-refractivity contribution in [1.82, 2.24) is 0 Å². The Balaban J connectivity index is 2.55. The van der Waals surface area contributed by atoms with E-state index in [1.165, 1.54) is 24.3 Å². The zero-order valence-corrected chi connectivity index (χ0v) is 13.7. The minimum absolute atomic E-state index is 0.0607. The molecule has 0 heterocycles. The summed E-state index contributed by atoms with van der Waals surface area (Å²) in [4.78, 5) is 0. The van der Waals surface area contributed by atoms with Gasteiger partial charge >= 0.3 is 0 Å². The first kappa shape index (κ1) is 6.24. The number of hydrogen-bond acceptors (Lipinski definition) is 0. The average molecular weight is 354 g/mol. The third-order valence-corrected chi connectivity index (χ3v) is 7.37. The second-order valence-corrected chi connectivity index (χ2v) is 8.13. The van der Waals surface area contributed by atoms with Crippen LogP contribution in [-0.4, -0.2) is 0 Å². The molecule has 4 rings (SSSR count). The van der Waals surface area contributed by atoms with Gasteiger partial charge in [0.2, 0.25) is 0 Å². The van der Waals surface area contributed by atoms with E-state index >= 15 is 0 Å². The van der Waals surface area contributed by atoms with Gasteiger partial charge in [-0.2, -0.15) is 0 Å². The second kappa shape index (κ2) is 7.05. The van der Waals surface area contributed by atoms with Crippen molar-refractivity contribution in [2.24, 2.45) is 0 Å². The first-order chi connectivity index (χ1) is 18.6. The van der Waals surface area contributed by atoms with Crippen LogP contribution in [0.3, 0.4) is 0 Å². The lowest BCUT2D eigenvalue weighted by molar-refractivity contribution is 1.71. The highest BCUT2D eigenvalue weighted by molar-refractivity contribution is 8.01. The zero-order chi connectivity index (χ0) is 30.0. The molecule has 0 N–H and O–H groups in total. The van der Waals surface area contributed by atoms with Gasteiger partial charge in [-0.25, -0.2) is 0 Å². The molecule has 0 aliphatic carbocycles. The van der Waals surface area contributed by atoms with E-state index in [9.17, 15) is 0 Å². The lowest BCUT2D eigenvalue weighted by atomic mass is 10.3. The fourth-order valence-corrected chi connectivity index (χ4v) is 6.01. The first-order valence-electron chi connectivity index (χ1n) is 14.8. The Bertz CT molecular complexity index is 1450. The Morgan fingerprint density at radius 1 is 0.440 bits per heavy atom. The van der Waals surface area contributed by atoms with Crippen LogP contribution < -0.4 is 21.2 Å². The van der Waals surface area contributed by atoms with Crippen LogP contribution in [0.25, 0.3) is 0 Å². The van der Waals surface area contributed by atoms with E-state index in [2.05, 4.69) is 0 Å². The highest BCUT2D eigenvalue weighted by atomic mass is 31.2. The van der Waals surface area contributed by atoms with Crippen LogP contribution in [0.5, 0.6) is 0 Å². The van der Waals surface area contributed by atoms with Crippen molar-refractivity contribution in [2.75, 3.05) is 0 Å². The van der Waals surface area contributed by atoms with Crippen LogP contribution in [0.1, 0.15) is 20.6 Å². The minimum Gasteiger partial charge on any atom is -0.0620 e. The molecule has 0 unspecified atom stereocenters. The van der Waals surface area contributed by atoms with Crippen molar-refractivity contribution in [3.05, 3.63) is 121 Å². The zero-order valence-electron chi connectivity index (χ0n) is 27.8. The molecule has 0 spiro atoms. The van der Waals surface area contributed by atoms with Gasteiger partial charge < -0.3 is 0 Å². The summed E-state index contributed by atoms with van der Waals surface area (Å²) in [7, 11) is -4.45. The summed E-state index contributed by atoms with van der Waals surface area (Å²) in [6.07, 6.45) is 0. The van der Waals surface area contributed by atoms with Gasteiger partial charge in [-0.05, 0) is 48.4 Å². The van der Waals surface area contributed by atoms with E-state index in [4.69, 9.17) is 20.6 Å². The summed E-state index contributed by atoms with van der Waals surface area (Å²) in [5.41, 5.74) is 0. The van der Waals surface area contributed by atoms with Crippen molar-refractivity contribution in [2.45, 2.75) is 0 Å². The van der Waals surface area contributed by atoms with Gasteiger partial charge in [-0.15, -0.1) is 0 Å². The standard InChI is InChI=1S/C24H20P/c1-5-13-21(14-6-1)25(22-15-7-2-8-16-22,23-17-9-3-10-18-23)24-19-11-4-12-20-24/h1-20H/q+1/i1D,2D,3D,5D,6D,7D,8D,9D,10D,13D,14D,15D,16D,17D,18D. The van der Waals surface area contributed by atoms with Crippen LogP contribution in [0.15, 0.2) is 121 Å². The number of hydrogen-bond donors (Lipinski definition) is 0. The van der Waals surface area contributed by atoms with E-state index in [0.29, 0.717) is 0 Å². The van der Waals surface area contributed by atoms with Gasteiger partial charge in [-0.3, -0.25) is 0 Å². The monoisotopic (exact) mass is 354 g/mol. The smallest absolute Gasteiger partial charge is 0.0620 e. The molecule has 4 aromatic carbocycles. The number of benzene rings is 4. The topological polar surface area (TPSA) is 0 Å². The van der Waals surface area contributed by atoms with E-state index < -0.39 is 114 Å². The van der Waals surface area contributed by atoms with Crippen molar-refractivity contribution >= 4 is 28.5 Å². The van der Waals surface area contributed by atoms with Gasteiger partial charge in [0.05, 0.1) is 20.6 Å². The van der Waals surface area contributed by atoms with E-state index in [1.54, 1.807) is 6.07 Å². The van der Waals surface area contributed by atoms with Crippen LogP contribution in [0, 0.1) is 0 Å². The highest BCUT2D eigenvalue weighted by Crippen LogP contribution is 2.53. The van der Waals surface area contributed by atoms with Crippen LogP contribution in [0.4, 0.5) is 0 Å². The maximum absolute atomic E-state index is 8.87. The maximum atomic E-state index is 8.87. The quantitative estimate of drug-likeness (QED) is 0.479. The second-order valence-electron chi connectivity index (χ2n) is 4.93. The number of rotatable bonds is 4. The molecular formula is C24H20P+. The summed E-state index contributed by atoms with van der Waals surface area (Å²) in [6, 6.07) is -4.34. The average Bonchev–Trinajstić information content (AvgIpc) is 2.95. The molecule has 120 valence electrons. The lowest BCUT2D eigenvalue weighted by Gasteiger charge is -2.27. The summed E-state index contributed by atoms with van der Waals surface area (Å²) < 4.78 is 128. The fourth-order valence-electron chi connectivity index (χ4n) is 2.61. The SMILES string of the molecule is [2H]c1c([2H])c([2H])c([P+](c2ccccc2)(c2c([2H])c([2H])c([2H])c([2H])c2[2H])c2c([2H])c([2H])c([2H])c([2H])c2[2H])c([2H])c1[2H]. The Morgan fingerprint density at radius 3 is 1.16 bits per heavy atom. The maximum Gasteiger partial charge on any atom is 0.144 e. The lowest BCUT2D eigenvalue weighted by Crippen LogP contribution is -2.38. The summed E-state index contributed by atoms with van der Waals surface area (Å²) in [6.45, 7) is 0. The van der Waals surface area contributed by atoms with Crippen LogP contribution >= 0.6 is 7.26 Å². The summed E-state index contributed by atoms with van der Waals surface area (Å²) in [5, 5.41) is -1.52. The molecule has 0 aliphatic heterocycles. The third-order valence-electron chi connectivity index (χ3n) is 3.61. The van der Waals surface area contributed by atoms with Gasteiger partial charge in [-0.1, -0.05) is 72.6 Å². The third kappa shape index (κ3) is 2.80. The normalized spacial score (nSPS) is 19.6. The molecule has 0 aromatic heterocycles. The molecule has 0 fully saturated rings. The van der Waals surface area contributed by atoms with Gasteiger partial charge in [0, 0.05) is 0 Å². The van der Waals surface area contributed by atoms with Crippen LogP contribution in [0.2, 0.25) is 0 Å². The molecule has 0 atom stereocenters. The molecule has 0 amide bonds. The molecule has 0 saturated carbocycles. The Labute approximate surface area is 171 Å². The predicted molar refractivity (Wildman–Crippen MR) is 111 cm³/mol. The van der Waals surface area contributed by atoms with Crippen LogP contribution in [-0.2, 0) is 0 Å². The molecule has 0 bridgehead atoms. The first-order valence-corrected chi connectivity index (χ1v) is 9.09. The molecule has 25 heavy (non-hydrogen) atoms. The summed E-state index contributed by atoms with van der Waals surface area (Å²) in [5.74, 6) is 0. The molecule has 0 aliphatic rings. The van der Waals surface area contributed by atoms with Crippen molar-refractivity contribution < 1.29 is 20.6 Å². The molecule has 0 radical (unpaired) electrons. The molecule has 0 saturated heterocycles. The molecule has 4 aromatic rings. The largest absolute Gasteiger partial charge is 0.144 e. The van der Waals surface area contributed by atoms with E-state index in [-0.39, 0.29) is 5.30 Å². The van der Waals surface area contributed by atoms with Gasteiger partial charge in [0.1, 0.15) is 28.5 Å². The van der Waals surface area contributed by atoms with E-state index in [0.717, 1.165) is 0 Å². The van der Waals surface area contributed by atoms with Crippen molar-refractivity contribution in [3.63, 3.8) is 0 Å². The van der Waals surface area contributed by atoms with Crippen molar-refractivity contribution in [1.29, 1.82) is 0 Å². The van der Waals surface area contributed by atoms with E-state index in [1.807, 2.05) is 0 Å². The van der Waals surface area contributed by atoms with Gasteiger partial charge in [0.25, 0.3) is 0 Å². The highest BCUT2D eigenvalue weighted by Gasteiger charge is 2.47. The Morgan fingerprint density at radius 2 is 0.800 bits per heavy atom. The molecular weight excluding hydrogens is 319 g/mol. The minimum atomic E-state index is -4.45. The Kier molecular flexibility index (Phi) is 1.76. The molecule has 1 heteroatoms. The Hall–Kier alpha value is -2.69. The van der Waals surface area contributed by atoms with Crippen molar-refractivity contribution in [3.8, 4) is 0 Å². The fraction of sp³-hybridized carbons (Fsp3) is 0.